The van der Waals surface area contributed by atoms with Crippen LogP contribution in [0.1, 0.15) is 18.3 Å². The molecule has 0 bridgehead atoms. The van der Waals surface area contributed by atoms with Crippen LogP contribution < -0.4 is 5.32 Å². The van der Waals surface area contributed by atoms with E-state index in [-0.39, 0.29) is 0 Å². The van der Waals surface area contributed by atoms with Gasteiger partial charge in [-0.05, 0) is 19.9 Å². The summed E-state index contributed by atoms with van der Waals surface area (Å²) in [6.07, 6.45) is 1.92. The molecule has 2 aromatic heterocycles. The Morgan fingerprint density at radius 3 is 2.81 bits per heavy atom. The van der Waals surface area contributed by atoms with Gasteiger partial charge in [0.1, 0.15) is 5.82 Å². The Kier molecular flexibility index (Phi) is 2.94. The van der Waals surface area contributed by atoms with Crippen molar-refractivity contribution in [2.24, 2.45) is 7.05 Å². The molecule has 86 valence electrons. The van der Waals surface area contributed by atoms with Crippen molar-refractivity contribution < 1.29 is 0 Å². The number of aryl methyl sites for hydroxylation is 3. The predicted octanol–water partition coefficient (Wildman–Crippen LogP) is 1.56. The normalized spacial score (nSPS) is 10.7. The van der Waals surface area contributed by atoms with Gasteiger partial charge in [-0.3, -0.25) is 9.36 Å². The van der Waals surface area contributed by atoms with E-state index in [0.29, 0.717) is 0 Å². The van der Waals surface area contributed by atoms with Gasteiger partial charge >= 0.3 is 0 Å². The number of hydrogen-bond acceptors (Lipinski definition) is 3. The van der Waals surface area contributed by atoms with Crippen molar-refractivity contribution in [1.29, 1.82) is 0 Å². The first-order valence-electron chi connectivity index (χ1n) is 5.46. The second-order valence-electron chi connectivity index (χ2n) is 3.82. The zero-order valence-corrected chi connectivity index (χ0v) is 9.94. The van der Waals surface area contributed by atoms with Crippen molar-refractivity contribution in [2.45, 2.75) is 26.9 Å². The van der Waals surface area contributed by atoms with Gasteiger partial charge in [0, 0.05) is 25.9 Å². The molecule has 2 aromatic rings. The molecular formula is C11H17N5. The van der Waals surface area contributed by atoms with Crippen LogP contribution >= 0.6 is 0 Å². The molecule has 0 aliphatic heterocycles. The quantitative estimate of drug-likeness (QED) is 0.848. The molecule has 0 saturated carbocycles. The van der Waals surface area contributed by atoms with Crippen LogP contribution in [0.5, 0.6) is 0 Å². The second kappa shape index (κ2) is 4.38. The van der Waals surface area contributed by atoms with Gasteiger partial charge in [0.2, 0.25) is 0 Å². The van der Waals surface area contributed by atoms with Crippen molar-refractivity contribution in [3.8, 4) is 0 Å². The molecule has 0 spiro atoms. The summed E-state index contributed by atoms with van der Waals surface area (Å²) in [5.41, 5.74) is 2.24. The highest BCUT2D eigenvalue weighted by molar-refractivity contribution is 5.33. The number of aromatic nitrogens is 4. The van der Waals surface area contributed by atoms with Gasteiger partial charge < -0.3 is 5.32 Å². The van der Waals surface area contributed by atoms with Gasteiger partial charge in [0.15, 0.2) is 0 Å². The fourth-order valence-electron chi connectivity index (χ4n) is 1.71. The summed E-state index contributed by atoms with van der Waals surface area (Å²) in [4.78, 5) is 0. The second-order valence-corrected chi connectivity index (χ2v) is 3.82. The molecule has 0 radical (unpaired) electrons. The Labute approximate surface area is 95.1 Å². The van der Waals surface area contributed by atoms with Crippen LogP contribution in [0.2, 0.25) is 0 Å². The van der Waals surface area contributed by atoms with E-state index in [1.54, 1.807) is 4.68 Å². The molecule has 5 nitrogen and oxygen atoms in total. The molecule has 0 aliphatic rings. The van der Waals surface area contributed by atoms with Gasteiger partial charge in [-0.15, -0.1) is 0 Å². The fourth-order valence-corrected chi connectivity index (χ4v) is 1.71. The lowest BCUT2D eigenvalue weighted by atomic mass is 10.3. The number of hydrogen-bond donors (Lipinski definition) is 1. The lowest BCUT2D eigenvalue weighted by molar-refractivity contribution is 0.622. The maximum atomic E-state index is 4.40. The first-order chi connectivity index (χ1) is 7.69. The highest BCUT2D eigenvalue weighted by atomic mass is 15.3. The van der Waals surface area contributed by atoms with Crippen molar-refractivity contribution in [3.05, 3.63) is 29.7 Å². The van der Waals surface area contributed by atoms with E-state index in [4.69, 9.17) is 0 Å². The van der Waals surface area contributed by atoms with Crippen molar-refractivity contribution in [2.75, 3.05) is 5.32 Å². The van der Waals surface area contributed by atoms with E-state index in [0.717, 1.165) is 24.6 Å². The van der Waals surface area contributed by atoms with Crippen LogP contribution in [0, 0.1) is 6.92 Å². The number of anilines is 1. The van der Waals surface area contributed by atoms with Crippen molar-refractivity contribution >= 4 is 5.82 Å². The minimum absolute atomic E-state index is 0.756. The fraction of sp³-hybridized carbons (Fsp3) is 0.455. The number of nitrogens with one attached hydrogen (secondary N) is 1. The maximum Gasteiger partial charge on any atom is 0.148 e. The maximum absolute atomic E-state index is 4.40. The molecule has 0 amide bonds. The molecule has 0 unspecified atom stereocenters. The average Bonchev–Trinajstić information content (AvgIpc) is 2.81. The van der Waals surface area contributed by atoms with Gasteiger partial charge in [0.05, 0.1) is 17.9 Å². The molecule has 0 atom stereocenters. The van der Waals surface area contributed by atoms with E-state index in [1.807, 2.05) is 30.9 Å². The van der Waals surface area contributed by atoms with E-state index >= 15 is 0 Å². The van der Waals surface area contributed by atoms with E-state index in [9.17, 15) is 0 Å². The Bertz CT molecular complexity index is 468. The summed E-state index contributed by atoms with van der Waals surface area (Å²) in [5, 5.41) is 11.9. The summed E-state index contributed by atoms with van der Waals surface area (Å²) in [7, 11) is 1.91. The van der Waals surface area contributed by atoms with Gasteiger partial charge in [0.25, 0.3) is 0 Å². The van der Waals surface area contributed by atoms with Crippen LogP contribution in [0.4, 0.5) is 5.82 Å². The standard InChI is InChI=1S/C11H17N5/c1-4-16-10(7-9(2)13-16)8-12-11-5-6-15(3)14-11/h5-7H,4,8H2,1-3H3,(H,12,14). The predicted molar refractivity (Wildman–Crippen MR) is 63.2 cm³/mol. The first kappa shape index (κ1) is 10.7. The van der Waals surface area contributed by atoms with Crippen LogP contribution in [0.25, 0.3) is 0 Å². The molecule has 2 heterocycles. The van der Waals surface area contributed by atoms with Gasteiger partial charge in [-0.25, -0.2) is 0 Å². The highest BCUT2D eigenvalue weighted by Gasteiger charge is 2.04. The smallest absolute Gasteiger partial charge is 0.148 e. The van der Waals surface area contributed by atoms with Gasteiger partial charge in [-0.1, -0.05) is 0 Å². The topological polar surface area (TPSA) is 47.7 Å². The molecule has 0 saturated heterocycles. The zero-order chi connectivity index (χ0) is 11.5. The summed E-state index contributed by atoms with van der Waals surface area (Å²) in [6, 6.07) is 4.05. The zero-order valence-electron chi connectivity index (χ0n) is 9.94. The summed E-state index contributed by atoms with van der Waals surface area (Å²) in [6.45, 7) is 5.76. The third-order valence-corrected chi connectivity index (χ3v) is 2.45. The van der Waals surface area contributed by atoms with Crippen molar-refractivity contribution in [3.63, 3.8) is 0 Å². The largest absolute Gasteiger partial charge is 0.363 e. The molecule has 1 N–H and O–H groups in total. The minimum atomic E-state index is 0.756. The van der Waals surface area contributed by atoms with E-state index < -0.39 is 0 Å². The van der Waals surface area contributed by atoms with Crippen molar-refractivity contribution in [1.82, 2.24) is 19.6 Å². The monoisotopic (exact) mass is 219 g/mol. The third kappa shape index (κ3) is 2.24. The SMILES string of the molecule is CCn1nc(C)cc1CNc1ccn(C)n1. The Morgan fingerprint density at radius 1 is 1.38 bits per heavy atom. The molecule has 0 aromatic carbocycles. The first-order valence-corrected chi connectivity index (χ1v) is 5.46. The Balaban J connectivity index is 2.04. The lowest BCUT2D eigenvalue weighted by Gasteiger charge is -2.05. The Morgan fingerprint density at radius 2 is 2.19 bits per heavy atom. The van der Waals surface area contributed by atoms with E-state index in [1.165, 1.54) is 5.69 Å². The Hall–Kier alpha value is -1.78. The minimum Gasteiger partial charge on any atom is -0.363 e. The number of nitrogens with zero attached hydrogens (tertiary/aromatic N) is 4. The molecular weight excluding hydrogens is 202 g/mol. The van der Waals surface area contributed by atoms with E-state index in [2.05, 4.69) is 28.5 Å². The van der Waals surface area contributed by atoms with Crippen LogP contribution in [0.3, 0.4) is 0 Å². The molecule has 2 rings (SSSR count). The summed E-state index contributed by atoms with van der Waals surface area (Å²) < 4.78 is 3.79. The molecule has 16 heavy (non-hydrogen) atoms. The number of rotatable bonds is 4. The van der Waals surface area contributed by atoms with Crippen LogP contribution in [0.15, 0.2) is 18.3 Å². The van der Waals surface area contributed by atoms with Crippen LogP contribution in [-0.4, -0.2) is 19.6 Å². The summed E-state index contributed by atoms with van der Waals surface area (Å²) in [5.74, 6) is 0.893. The third-order valence-electron chi connectivity index (χ3n) is 2.45. The summed E-state index contributed by atoms with van der Waals surface area (Å²) >= 11 is 0. The average molecular weight is 219 g/mol. The molecule has 0 aliphatic carbocycles. The van der Waals surface area contributed by atoms with Gasteiger partial charge in [-0.2, -0.15) is 10.2 Å². The molecule has 0 fully saturated rings. The van der Waals surface area contributed by atoms with Crippen LogP contribution in [-0.2, 0) is 20.1 Å². The lowest BCUT2D eigenvalue weighted by Crippen LogP contribution is -2.08. The molecule has 5 heteroatoms. The highest BCUT2D eigenvalue weighted by Crippen LogP contribution is 2.07.